The zero-order valence-corrected chi connectivity index (χ0v) is 17.7. The number of rotatable bonds is 3. The average molecular weight is 485 g/mol. The van der Waals surface area contributed by atoms with Gasteiger partial charge in [-0.15, -0.1) is 0 Å². The van der Waals surface area contributed by atoms with Crippen LogP contribution in [0.3, 0.4) is 0 Å². The average Bonchev–Trinajstić information content (AvgIpc) is 3.41. The molecule has 3 aromatic carbocycles. The molecule has 6 nitrogen and oxygen atoms in total. The van der Waals surface area contributed by atoms with Gasteiger partial charge in [0.2, 0.25) is 6.79 Å². The number of fused-ring (bicyclic) bond motifs is 1. The first-order chi connectivity index (χ1) is 16.6. The van der Waals surface area contributed by atoms with E-state index in [1.54, 1.807) is 0 Å². The molecule has 2 aliphatic heterocycles. The van der Waals surface area contributed by atoms with Crippen molar-refractivity contribution < 1.29 is 41.7 Å². The summed E-state index contributed by atoms with van der Waals surface area (Å²) in [5.74, 6) is -2.44. The highest BCUT2D eigenvalue weighted by Gasteiger charge is 2.47. The van der Waals surface area contributed by atoms with Crippen molar-refractivity contribution >= 4 is 23.1 Å². The lowest BCUT2D eigenvalue weighted by Crippen LogP contribution is -2.29. The maximum Gasteiger partial charge on any atom is 0.416 e. The number of nitrogens with zero attached hydrogens (tertiary/aromatic N) is 1. The number of aliphatic hydroxyl groups excluding tert-OH is 1. The number of ketones is 1. The highest BCUT2D eigenvalue weighted by molar-refractivity contribution is 6.51. The number of Topliss-reactive ketones (excluding diaryl/α,β-unsaturated/α-hetero) is 1. The minimum absolute atomic E-state index is 0.000776. The zero-order valence-electron chi connectivity index (χ0n) is 17.7. The van der Waals surface area contributed by atoms with Crippen LogP contribution >= 0.6 is 0 Å². The van der Waals surface area contributed by atoms with Gasteiger partial charge in [0.1, 0.15) is 11.6 Å². The Kier molecular flexibility index (Phi) is 5.23. The van der Waals surface area contributed by atoms with Crippen LogP contribution in [0.4, 0.5) is 23.2 Å². The van der Waals surface area contributed by atoms with Gasteiger partial charge in [-0.3, -0.25) is 14.5 Å². The molecule has 1 saturated heterocycles. The molecule has 1 unspecified atom stereocenters. The van der Waals surface area contributed by atoms with Gasteiger partial charge in [0.15, 0.2) is 11.5 Å². The molecule has 3 aromatic rings. The van der Waals surface area contributed by atoms with E-state index in [9.17, 15) is 32.3 Å². The highest BCUT2D eigenvalue weighted by Crippen LogP contribution is 2.44. The Balaban J connectivity index is 1.66. The molecule has 1 amide bonds. The molecule has 2 heterocycles. The van der Waals surface area contributed by atoms with Gasteiger partial charge in [0.25, 0.3) is 11.7 Å². The van der Waals surface area contributed by atoms with Crippen LogP contribution in [0.2, 0.25) is 0 Å². The molecule has 0 radical (unpaired) electrons. The van der Waals surface area contributed by atoms with Crippen molar-refractivity contribution in [2.45, 2.75) is 12.2 Å². The summed E-state index contributed by atoms with van der Waals surface area (Å²) in [5, 5.41) is 11.1. The van der Waals surface area contributed by atoms with Gasteiger partial charge in [0.05, 0.1) is 17.2 Å². The fourth-order valence-corrected chi connectivity index (χ4v) is 4.07. The smallest absolute Gasteiger partial charge is 0.416 e. The molecule has 2 aliphatic rings. The van der Waals surface area contributed by atoms with Crippen LogP contribution in [-0.2, 0) is 15.8 Å². The third-order valence-electron chi connectivity index (χ3n) is 5.75. The van der Waals surface area contributed by atoms with Crippen molar-refractivity contribution in [3.63, 3.8) is 0 Å². The van der Waals surface area contributed by atoms with Gasteiger partial charge in [-0.25, -0.2) is 4.39 Å². The highest BCUT2D eigenvalue weighted by atomic mass is 19.4. The van der Waals surface area contributed by atoms with E-state index in [1.807, 2.05) is 0 Å². The molecule has 178 valence electrons. The van der Waals surface area contributed by atoms with Crippen LogP contribution < -0.4 is 14.4 Å². The minimum atomic E-state index is -4.59. The zero-order chi connectivity index (χ0) is 24.9. The van der Waals surface area contributed by atoms with Crippen molar-refractivity contribution in [1.82, 2.24) is 0 Å². The van der Waals surface area contributed by atoms with Gasteiger partial charge in [-0.1, -0.05) is 12.1 Å². The molecule has 1 fully saturated rings. The summed E-state index contributed by atoms with van der Waals surface area (Å²) in [4.78, 5) is 27.1. The number of ether oxygens (including phenoxy) is 2. The minimum Gasteiger partial charge on any atom is -0.507 e. The topological polar surface area (TPSA) is 76.1 Å². The second-order valence-electron chi connectivity index (χ2n) is 7.83. The quantitative estimate of drug-likeness (QED) is 0.239. The number of benzene rings is 3. The van der Waals surface area contributed by atoms with Crippen molar-refractivity contribution in [2.24, 2.45) is 0 Å². The Bertz CT molecular complexity index is 1360. The summed E-state index contributed by atoms with van der Waals surface area (Å²) < 4.78 is 63.3. The maximum atomic E-state index is 13.6. The standard InChI is InChI=1S/C25H15F4NO5/c26-16-6-1-13(2-7-16)21-20(22(31)14-3-10-18-19(11-14)35-12-34-18)23(32)24(33)30(21)17-8-4-15(5-9-17)25(27,28)29/h1-11,21,31H,12H2/b22-20-. The van der Waals surface area contributed by atoms with Crippen molar-refractivity contribution in [3.8, 4) is 11.5 Å². The Morgan fingerprint density at radius 1 is 0.914 bits per heavy atom. The molecule has 1 atom stereocenters. The van der Waals surface area contributed by atoms with Crippen LogP contribution in [-0.4, -0.2) is 23.6 Å². The normalized spacial score (nSPS) is 18.9. The number of hydrogen-bond donors (Lipinski definition) is 1. The number of carbonyl (C=O) groups excluding carboxylic acids is 2. The van der Waals surface area contributed by atoms with Gasteiger partial charge in [0, 0.05) is 11.3 Å². The van der Waals surface area contributed by atoms with Crippen LogP contribution in [0.1, 0.15) is 22.7 Å². The van der Waals surface area contributed by atoms with Crippen molar-refractivity contribution in [3.05, 3.63) is 94.8 Å². The number of halogens is 4. The number of alkyl halides is 3. The Morgan fingerprint density at radius 2 is 1.57 bits per heavy atom. The monoisotopic (exact) mass is 485 g/mol. The van der Waals surface area contributed by atoms with E-state index in [1.165, 1.54) is 30.3 Å². The molecule has 0 spiro atoms. The number of aliphatic hydroxyl groups is 1. The lowest BCUT2D eigenvalue weighted by Gasteiger charge is -2.25. The molecule has 1 N–H and O–H groups in total. The van der Waals surface area contributed by atoms with E-state index in [2.05, 4.69) is 0 Å². The van der Waals surface area contributed by atoms with E-state index < -0.39 is 41.0 Å². The predicted molar refractivity (Wildman–Crippen MR) is 115 cm³/mol. The molecular formula is C25H15F4NO5. The first-order valence-electron chi connectivity index (χ1n) is 10.3. The van der Waals surface area contributed by atoms with Gasteiger partial charge >= 0.3 is 6.18 Å². The van der Waals surface area contributed by atoms with E-state index >= 15 is 0 Å². The van der Waals surface area contributed by atoms with Crippen LogP contribution in [0, 0.1) is 5.82 Å². The van der Waals surface area contributed by atoms with Gasteiger partial charge in [-0.2, -0.15) is 13.2 Å². The van der Waals surface area contributed by atoms with E-state index in [0.717, 1.165) is 41.3 Å². The van der Waals surface area contributed by atoms with Crippen LogP contribution in [0.25, 0.3) is 5.76 Å². The molecule has 35 heavy (non-hydrogen) atoms. The van der Waals surface area contributed by atoms with Crippen molar-refractivity contribution in [1.29, 1.82) is 0 Å². The second-order valence-corrected chi connectivity index (χ2v) is 7.83. The summed E-state index contributed by atoms with van der Waals surface area (Å²) in [6.45, 7) is -0.0204. The second kappa shape index (κ2) is 8.15. The maximum absolute atomic E-state index is 13.6. The fourth-order valence-electron chi connectivity index (χ4n) is 4.07. The first kappa shape index (κ1) is 22.5. The lowest BCUT2D eigenvalue weighted by molar-refractivity contribution is -0.137. The third-order valence-corrected chi connectivity index (χ3v) is 5.75. The summed E-state index contributed by atoms with van der Waals surface area (Å²) >= 11 is 0. The molecule has 0 bridgehead atoms. The SMILES string of the molecule is O=C1C(=O)N(c2ccc(C(F)(F)F)cc2)C(c2ccc(F)cc2)/C1=C(/O)c1ccc2c(c1)OCO2. The lowest BCUT2D eigenvalue weighted by atomic mass is 9.95. The molecule has 0 saturated carbocycles. The summed E-state index contributed by atoms with van der Waals surface area (Å²) in [5.41, 5.74) is -0.810. The number of anilines is 1. The largest absolute Gasteiger partial charge is 0.507 e. The van der Waals surface area contributed by atoms with E-state index in [4.69, 9.17) is 9.47 Å². The number of amides is 1. The Labute approximate surface area is 195 Å². The predicted octanol–water partition coefficient (Wildman–Crippen LogP) is 5.20. The first-order valence-corrected chi connectivity index (χ1v) is 10.3. The molecule has 10 heteroatoms. The number of hydrogen-bond acceptors (Lipinski definition) is 5. The fraction of sp³-hybridized carbons (Fsp3) is 0.120. The summed E-state index contributed by atoms with van der Waals surface area (Å²) in [6.07, 6.45) is -4.59. The number of carbonyl (C=O) groups is 2. The Hall–Kier alpha value is -4.34. The van der Waals surface area contributed by atoms with Gasteiger partial charge < -0.3 is 14.6 Å². The Morgan fingerprint density at radius 3 is 2.23 bits per heavy atom. The van der Waals surface area contributed by atoms with E-state index in [0.29, 0.717) is 11.5 Å². The third kappa shape index (κ3) is 3.86. The molecule has 0 aliphatic carbocycles. The van der Waals surface area contributed by atoms with Crippen LogP contribution in [0.15, 0.2) is 72.3 Å². The van der Waals surface area contributed by atoms with Gasteiger partial charge in [-0.05, 0) is 60.2 Å². The molecular weight excluding hydrogens is 470 g/mol. The van der Waals surface area contributed by atoms with E-state index in [-0.39, 0.29) is 29.2 Å². The molecule has 5 rings (SSSR count). The van der Waals surface area contributed by atoms with Crippen LogP contribution in [0.5, 0.6) is 11.5 Å². The summed E-state index contributed by atoms with van der Waals surface area (Å²) in [6, 6.07) is 11.8. The summed E-state index contributed by atoms with van der Waals surface area (Å²) in [7, 11) is 0. The molecule has 0 aromatic heterocycles. The van der Waals surface area contributed by atoms with Crippen molar-refractivity contribution in [2.75, 3.05) is 11.7 Å².